The summed E-state index contributed by atoms with van der Waals surface area (Å²) in [4.78, 5) is 53.4. The minimum absolute atomic E-state index is 0.0986. The number of aromatic hydroxyl groups is 1. The first-order valence-corrected chi connectivity index (χ1v) is 14.6. The number of benzene rings is 3. The van der Waals surface area contributed by atoms with Crippen molar-refractivity contribution in [3.63, 3.8) is 0 Å². The van der Waals surface area contributed by atoms with Gasteiger partial charge in [-0.2, -0.15) is 0 Å². The maximum atomic E-state index is 14.4. The van der Waals surface area contributed by atoms with Crippen LogP contribution in [0.25, 0.3) is 10.8 Å². The van der Waals surface area contributed by atoms with E-state index in [1.54, 1.807) is 31.2 Å². The van der Waals surface area contributed by atoms with Crippen LogP contribution in [0.5, 0.6) is 5.75 Å². The molecule has 2 saturated heterocycles. The van der Waals surface area contributed by atoms with Gasteiger partial charge >= 0.3 is 0 Å². The number of hydrogen-bond acceptors (Lipinski definition) is 5. The number of allylic oxidation sites excluding steroid dienone is 2. The van der Waals surface area contributed by atoms with Crippen LogP contribution >= 0.6 is 23.2 Å². The number of amides is 4. The minimum Gasteiger partial charge on any atom is -0.507 e. The Morgan fingerprint density at radius 3 is 2.36 bits per heavy atom. The van der Waals surface area contributed by atoms with Gasteiger partial charge < -0.3 is 5.11 Å². The van der Waals surface area contributed by atoms with Crippen LogP contribution in [-0.4, -0.2) is 49.9 Å². The number of phenolic OH excluding ortho intramolecular Hbond substituents is 1. The van der Waals surface area contributed by atoms with Gasteiger partial charge in [0.25, 0.3) is 11.8 Å². The molecule has 0 radical (unpaired) electrons. The molecule has 42 heavy (non-hydrogen) atoms. The van der Waals surface area contributed by atoms with Crippen LogP contribution in [0.1, 0.15) is 31.2 Å². The Morgan fingerprint density at radius 2 is 1.64 bits per heavy atom. The first-order chi connectivity index (χ1) is 20.0. The second-order valence-electron chi connectivity index (χ2n) is 11.4. The van der Waals surface area contributed by atoms with Gasteiger partial charge in [0.15, 0.2) is 9.75 Å². The Balaban J connectivity index is 1.48. The smallest absolute Gasteiger partial charge is 0.258 e. The number of halogens is 3. The van der Waals surface area contributed by atoms with Crippen molar-refractivity contribution in [2.45, 2.75) is 35.4 Å². The summed E-state index contributed by atoms with van der Waals surface area (Å²) >= 11 is 14.7. The fourth-order valence-electron chi connectivity index (χ4n) is 7.63. The lowest BCUT2D eigenvalue weighted by atomic mass is 9.56. The number of alkyl halides is 2. The van der Waals surface area contributed by atoms with E-state index in [9.17, 15) is 28.7 Å². The van der Waals surface area contributed by atoms with Crippen LogP contribution in [0.2, 0.25) is 0 Å². The predicted octanol–water partition coefficient (Wildman–Crippen LogP) is 5.27. The van der Waals surface area contributed by atoms with Crippen molar-refractivity contribution in [2.24, 2.45) is 17.8 Å². The molecule has 7 rings (SSSR count). The SMILES string of the molecule is CCN1C(=O)[C@H]2[C@H](CC=C3[C@H]2C[C@@]2(Cl)C(=O)N(c4ccc(F)cc4)C(=O)[C@@]2(Cl)[C@H]3c2ccc3ccccc3c2O)C1=O. The average Bonchev–Trinajstić information content (AvgIpc) is 3.32. The van der Waals surface area contributed by atoms with Gasteiger partial charge in [0, 0.05) is 23.4 Å². The molecule has 0 bridgehead atoms. The Kier molecular flexibility index (Phi) is 5.89. The summed E-state index contributed by atoms with van der Waals surface area (Å²) in [6, 6.07) is 15.5. The fraction of sp³-hybridized carbons (Fsp3) is 0.312. The second-order valence-corrected chi connectivity index (χ2v) is 12.6. The summed E-state index contributed by atoms with van der Waals surface area (Å²) in [6.07, 6.45) is 1.90. The lowest BCUT2D eigenvalue weighted by Gasteiger charge is -2.50. The number of anilines is 1. The molecule has 3 aromatic rings. The molecular formula is C32H25Cl2FN2O5. The highest BCUT2D eigenvalue weighted by Gasteiger charge is 2.76. The largest absolute Gasteiger partial charge is 0.507 e. The molecule has 4 aliphatic rings. The van der Waals surface area contributed by atoms with Crippen LogP contribution in [0.4, 0.5) is 10.1 Å². The number of fused-ring (bicyclic) bond motifs is 5. The number of likely N-dealkylation sites (tertiary alicyclic amines) is 1. The molecule has 0 aromatic heterocycles. The molecule has 7 nitrogen and oxygen atoms in total. The lowest BCUT2D eigenvalue weighted by Crippen LogP contribution is -2.60. The fourth-order valence-corrected chi connectivity index (χ4v) is 8.55. The van der Waals surface area contributed by atoms with Gasteiger partial charge in [0.05, 0.1) is 17.5 Å². The first-order valence-electron chi connectivity index (χ1n) is 13.8. The van der Waals surface area contributed by atoms with E-state index in [-0.39, 0.29) is 48.2 Å². The number of carbonyl (C=O) groups is 4. The molecule has 6 atom stereocenters. The van der Waals surface area contributed by atoms with Crippen molar-refractivity contribution in [2.75, 3.05) is 11.4 Å². The molecule has 1 saturated carbocycles. The van der Waals surface area contributed by atoms with Crippen LogP contribution in [0, 0.1) is 23.6 Å². The van der Waals surface area contributed by atoms with Gasteiger partial charge in [-0.1, -0.05) is 48.0 Å². The molecule has 2 aliphatic carbocycles. The highest BCUT2D eigenvalue weighted by atomic mass is 35.5. The third-order valence-corrected chi connectivity index (χ3v) is 11.0. The molecule has 10 heteroatoms. The van der Waals surface area contributed by atoms with Gasteiger partial charge in [-0.15, -0.1) is 23.2 Å². The molecule has 0 spiro atoms. The van der Waals surface area contributed by atoms with E-state index in [1.165, 1.54) is 17.0 Å². The summed E-state index contributed by atoms with van der Waals surface area (Å²) in [5.74, 6) is -6.12. The van der Waals surface area contributed by atoms with E-state index in [0.717, 1.165) is 22.4 Å². The van der Waals surface area contributed by atoms with Crippen molar-refractivity contribution in [3.05, 3.63) is 83.7 Å². The molecule has 2 heterocycles. The van der Waals surface area contributed by atoms with E-state index < -0.39 is 51.1 Å². The van der Waals surface area contributed by atoms with Crippen molar-refractivity contribution < 1.29 is 28.7 Å². The summed E-state index contributed by atoms with van der Waals surface area (Å²) < 4.78 is 13.8. The zero-order chi connectivity index (χ0) is 29.7. The van der Waals surface area contributed by atoms with E-state index in [1.807, 2.05) is 18.2 Å². The molecule has 3 aromatic carbocycles. The van der Waals surface area contributed by atoms with E-state index in [0.29, 0.717) is 11.0 Å². The quantitative estimate of drug-likeness (QED) is 0.249. The number of imide groups is 2. The normalized spacial score (nSPS) is 32.2. The Morgan fingerprint density at radius 1 is 0.929 bits per heavy atom. The molecule has 2 aliphatic heterocycles. The summed E-state index contributed by atoms with van der Waals surface area (Å²) in [5, 5.41) is 12.9. The number of nitrogens with zero attached hydrogens (tertiary/aromatic N) is 2. The zero-order valence-electron chi connectivity index (χ0n) is 22.4. The standard InChI is InChI=1S/C32H25Cl2FN2O5/c1-2-36-27(39)21-14-13-20-23(24(21)28(36)40)15-31(33)29(41)37(18-10-8-17(35)9-11-18)30(42)32(31,34)25(20)22-12-7-16-5-3-4-6-19(16)26(22)38/h3-13,21,23-25,38H,2,14-15H2,1H3/t21-,23+,24-,25+,31+,32-/m0/s1. The zero-order valence-corrected chi connectivity index (χ0v) is 23.9. The lowest BCUT2D eigenvalue weighted by molar-refractivity contribution is -0.140. The molecular weight excluding hydrogens is 582 g/mol. The minimum atomic E-state index is -2.11. The van der Waals surface area contributed by atoms with Gasteiger partial charge in [-0.3, -0.25) is 24.1 Å². The number of phenols is 1. The number of carbonyl (C=O) groups excluding carboxylic acids is 4. The summed E-state index contributed by atoms with van der Waals surface area (Å²) in [7, 11) is 0. The molecule has 1 N–H and O–H groups in total. The molecule has 4 amide bonds. The van der Waals surface area contributed by atoms with Crippen LogP contribution < -0.4 is 4.90 Å². The highest BCUT2D eigenvalue weighted by Crippen LogP contribution is 2.66. The Bertz CT molecular complexity index is 1760. The third kappa shape index (κ3) is 3.28. The molecule has 214 valence electrons. The predicted molar refractivity (Wildman–Crippen MR) is 155 cm³/mol. The summed E-state index contributed by atoms with van der Waals surface area (Å²) in [6.45, 7) is 1.94. The number of rotatable bonds is 3. The van der Waals surface area contributed by atoms with Gasteiger partial charge in [0.1, 0.15) is 11.6 Å². The first kappa shape index (κ1) is 27.1. The second kappa shape index (κ2) is 9.12. The number of hydrogen-bond donors (Lipinski definition) is 1. The van der Waals surface area contributed by atoms with Crippen molar-refractivity contribution in [3.8, 4) is 5.75 Å². The maximum Gasteiger partial charge on any atom is 0.258 e. The topological polar surface area (TPSA) is 95.0 Å². The van der Waals surface area contributed by atoms with Gasteiger partial charge in [0.2, 0.25) is 11.8 Å². The molecule has 0 unspecified atom stereocenters. The van der Waals surface area contributed by atoms with Crippen molar-refractivity contribution in [1.29, 1.82) is 0 Å². The van der Waals surface area contributed by atoms with Gasteiger partial charge in [-0.05, 0) is 55.3 Å². The van der Waals surface area contributed by atoms with Crippen LogP contribution in [0.15, 0.2) is 72.3 Å². The summed E-state index contributed by atoms with van der Waals surface area (Å²) in [5.41, 5.74) is 0.977. The van der Waals surface area contributed by atoms with E-state index in [2.05, 4.69) is 0 Å². The van der Waals surface area contributed by atoms with E-state index in [4.69, 9.17) is 23.2 Å². The van der Waals surface area contributed by atoms with Crippen molar-refractivity contribution >= 4 is 63.3 Å². The highest BCUT2D eigenvalue weighted by molar-refractivity contribution is 6.58. The van der Waals surface area contributed by atoms with Crippen LogP contribution in [-0.2, 0) is 19.2 Å². The van der Waals surface area contributed by atoms with Crippen LogP contribution in [0.3, 0.4) is 0 Å². The Hall–Kier alpha value is -3.75. The average molecular weight is 607 g/mol. The van der Waals surface area contributed by atoms with Gasteiger partial charge in [-0.25, -0.2) is 9.29 Å². The van der Waals surface area contributed by atoms with E-state index >= 15 is 0 Å². The third-order valence-electron chi connectivity index (χ3n) is 9.55. The van der Waals surface area contributed by atoms with Crippen molar-refractivity contribution in [1.82, 2.24) is 4.90 Å². The molecule has 3 fully saturated rings. The Labute approximate surface area is 250 Å². The maximum absolute atomic E-state index is 14.4. The monoisotopic (exact) mass is 606 g/mol.